The summed E-state index contributed by atoms with van der Waals surface area (Å²) in [5, 5.41) is 13.2. The van der Waals surface area contributed by atoms with E-state index in [0.717, 1.165) is 0 Å². The largest absolute Gasteiger partial charge is 0.365 e. The van der Waals surface area contributed by atoms with Crippen LogP contribution in [-0.4, -0.2) is 17.7 Å². The lowest BCUT2D eigenvalue weighted by molar-refractivity contribution is 0.0655. The Kier molecular flexibility index (Phi) is 4.98. The molecule has 28 heavy (non-hydrogen) atoms. The van der Waals surface area contributed by atoms with Gasteiger partial charge < -0.3 is 5.11 Å². The van der Waals surface area contributed by atoms with Gasteiger partial charge in [0.05, 0.1) is 6.54 Å². The Hall–Kier alpha value is -2.24. The summed E-state index contributed by atoms with van der Waals surface area (Å²) in [6.45, 7) is 0.0242. The van der Waals surface area contributed by atoms with Gasteiger partial charge in [0.2, 0.25) is 0 Å². The maximum absolute atomic E-state index is 13.3. The molecule has 1 saturated heterocycles. The van der Waals surface area contributed by atoms with Gasteiger partial charge in [0.25, 0.3) is 0 Å². The van der Waals surface area contributed by atoms with Crippen LogP contribution in [0.15, 0.2) is 72.8 Å². The summed E-state index contributed by atoms with van der Waals surface area (Å²) in [7, 11) is 0. The third-order valence-electron chi connectivity index (χ3n) is 4.68. The number of amides is 2. The molecule has 3 aromatic rings. The van der Waals surface area contributed by atoms with E-state index in [1.807, 2.05) is 0 Å². The summed E-state index contributed by atoms with van der Waals surface area (Å²) in [5.74, 6) is 0. The first-order chi connectivity index (χ1) is 13.4. The van der Waals surface area contributed by atoms with Crippen molar-refractivity contribution in [1.29, 1.82) is 0 Å². The van der Waals surface area contributed by atoms with Crippen LogP contribution in [0.5, 0.6) is 0 Å². The highest BCUT2D eigenvalue weighted by atomic mass is 35.5. The van der Waals surface area contributed by atoms with E-state index in [9.17, 15) is 9.90 Å². The molecule has 1 N–H and O–H groups in total. The van der Waals surface area contributed by atoms with Gasteiger partial charge in [0.15, 0.2) is 5.72 Å². The van der Waals surface area contributed by atoms with Gasteiger partial charge >= 0.3 is 6.03 Å². The lowest BCUT2D eigenvalue weighted by Crippen LogP contribution is -2.44. The molecular formula is C21H15Cl3N2O2. The minimum absolute atomic E-state index is 0.0242. The van der Waals surface area contributed by atoms with E-state index in [4.69, 9.17) is 34.8 Å². The van der Waals surface area contributed by atoms with Crippen LogP contribution < -0.4 is 9.80 Å². The molecule has 1 atom stereocenters. The van der Waals surface area contributed by atoms with E-state index in [0.29, 0.717) is 32.0 Å². The molecule has 1 heterocycles. The van der Waals surface area contributed by atoms with Crippen molar-refractivity contribution in [2.45, 2.75) is 5.72 Å². The first kappa shape index (κ1) is 19.1. The van der Waals surface area contributed by atoms with Crippen LogP contribution in [0.1, 0.15) is 5.56 Å². The summed E-state index contributed by atoms with van der Waals surface area (Å²) in [6.07, 6.45) is 0. The molecule has 3 aromatic carbocycles. The van der Waals surface area contributed by atoms with E-state index in [-0.39, 0.29) is 12.6 Å². The number of benzene rings is 3. The minimum atomic E-state index is -1.62. The van der Waals surface area contributed by atoms with Crippen molar-refractivity contribution in [3.63, 3.8) is 0 Å². The molecule has 2 amide bonds. The fraction of sp³-hybridized carbons (Fsp3) is 0.0952. The van der Waals surface area contributed by atoms with Crippen molar-refractivity contribution in [3.8, 4) is 0 Å². The maximum Gasteiger partial charge on any atom is 0.331 e. The molecule has 142 valence electrons. The molecule has 0 saturated carbocycles. The molecule has 4 nitrogen and oxygen atoms in total. The minimum Gasteiger partial charge on any atom is -0.365 e. The molecule has 1 aliphatic rings. The molecule has 1 unspecified atom stereocenters. The molecule has 0 aliphatic carbocycles. The molecule has 1 fully saturated rings. The van der Waals surface area contributed by atoms with Crippen molar-refractivity contribution in [2.75, 3.05) is 16.3 Å². The fourth-order valence-electron chi connectivity index (χ4n) is 3.33. The quantitative estimate of drug-likeness (QED) is 0.555. The Morgan fingerprint density at radius 1 is 0.786 bits per heavy atom. The second-order valence-corrected chi connectivity index (χ2v) is 7.79. The highest BCUT2D eigenvalue weighted by molar-refractivity contribution is 6.31. The Bertz CT molecular complexity index is 1020. The third kappa shape index (κ3) is 3.33. The number of anilines is 2. The smallest absolute Gasteiger partial charge is 0.331 e. The number of β-amino-alcohol motifs (C(OH)–C–C–N with tert-alkyl or cyclic N) is 1. The second-order valence-electron chi connectivity index (χ2n) is 6.48. The first-order valence-corrected chi connectivity index (χ1v) is 9.63. The summed E-state index contributed by atoms with van der Waals surface area (Å²) >= 11 is 18.1. The maximum atomic E-state index is 13.3. The molecule has 7 heteroatoms. The van der Waals surface area contributed by atoms with Crippen LogP contribution in [0.4, 0.5) is 16.2 Å². The van der Waals surface area contributed by atoms with E-state index >= 15 is 0 Å². The Morgan fingerprint density at radius 3 is 1.93 bits per heavy atom. The zero-order valence-electron chi connectivity index (χ0n) is 14.5. The predicted octanol–water partition coefficient (Wildman–Crippen LogP) is 5.94. The number of carbonyl (C=O) groups is 1. The van der Waals surface area contributed by atoms with Gasteiger partial charge in [-0.15, -0.1) is 0 Å². The lowest BCUT2D eigenvalue weighted by atomic mass is 10.0. The molecule has 0 spiro atoms. The number of hydrogen-bond donors (Lipinski definition) is 1. The number of urea groups is 1. The molecule has 4 rings (SSSR count). The zero-order chi connectivity index (χ0) is 19.9. The van der Waals surface area contributed by atoms with Gasteiger partial charge in [-0.25, -0.2) is 4.79 Å². The van der Waals surface area contributed by atoms with Crippen molar-refractivity contribution in [1.82, 2.24) is 0 Å². The second kappa shape index (κ2) is 7.30. The van der Waals surface area contributed by atoms with Gasteiger partial charge in [0, 0.05) is 32.0 Å². The molecule has 0 radical (unpaired) electrons. The van der Waals surface area contributed by atoms with Gasteiger partial charge in [-0.2, -0.15) is 0 Å². The summed E-state index contributed by atoms with van der Waals surface area (Å²) in [4.78, 5) is 16.2. The molecule has 0 aromatic heterocycles. The molecule has 0 bridgehead atoms. The van der Waals surface area contributed by atoms with Gasteiger partial charge in [0.1, 0.15) is 0 Å². The fourth-order valence-corrected chi connectivity index (χ4v) is 3.77. The SMILES string of the molecule is O=C1N(c2ccc(Cl)cc2)CC(O)(c2cccc(Cl)c2)N1c1ccc(Cl)cc1. The number of nitrogens with zero attached hydrogens (tertiary/aromatic N) is 2. The third-order valence-corrected chi connectivity index (χ3v) is 5.42. The Morgan fingerprint density at radius 2 is 1.36 bits per heavy atom. The van der Waals surface area contributed by atoms with Crippen LogP contribution in [0.25, 0.3) is 0 Å². The number of hydrogen-bond acceptors (Lipinski definition) is 2. The van der Waals surface area contributed by atoms with Crippen molar-refractivity contribution in [3.05, 3.63) is 93.4 Å². The van der Waals surface area contributed by atoms with Crippen LogP contribution in [0.3, 0.4) is 0 Å². The topological polar surface area (TPSA) is 43.8 Å². The highest BCUT2D eigenvalue weighted by Gasteiger charge is 2.51. The van der Waals surface area contributed by atoms with E-state index in [2.05, 4.69) is 0 Å². The number of carbonyl (C=O) groups excluding carboxylic acids is 1. The summed E-state index contributed by atoms with van der Waals surface area (Å²) in [6, 6.07) is 20.1. The van der Waals surface area contributed by atoms with Crippen LogP contribution in [0, 0.1) is 0 Å². The van der Waals surface area contributed by atoms with Gasteiger partial charge in [-0.3, -0.25) is 9.80 Å². The lowest BCUT2D eigenvalue weighted by Gasteiger charge is -2.32. The summed E-state index contributed by atoms with van der Waals surface area (Å²) in [5.41, 5.74) is 0.0505. The zero-order valence-corrected chi connectivity index (χ0v) is 16.8. The number of rotatable bonds is 3. The van der Waals surface area contributed by atoms with Crippen molar-refractivity contribution in [2.24, 2.45) is 0 Å². The van der Waals surface area contributed by atoms with E-state index in [1.165, 1.54) is 9.80 Å². The number of halogens is 3. The monoisotopic (exact) mass is 432 g/mol. The predicted molar refractivity (Wildman–Crippen MR) is 113 cm³/mol. The van der Waals surface area contributed by atoms with Crippen molar-refractivity contribution < 1.29 is 9.90 Å². The Balaban J connectivity index is 1.84. The van der Waals surface area contributed by atoms with Crippen molar-refractivity contribution >= 4 is 52.2 Å². The molecule has 1 aliphatic heterocycles. The normalized spacial score (nSPS) is 19.4. The Labute approximate surface area is 177 Å². The average Bonchev–Trinajstić information content (AvgIpc) is 2.95. The summed E-state index contributed by atoms with van der Waals surface area (Å²) < 4.78 is 0. The van der Waals surface area contributed by atoms with Crippen LogP contribution >= 0.6 is 34.8 Å². The van der Waals surface area contributed by atoms with Gasteiger partial charge in [-0.05, 0) is 60.7 Å². The van der Waals surface area contributed by atoms with Crippen LogP contribution in [-0.2, 0) is 5.72 Å². The van der Waals surface area contributed by atoms with Crippen LogP contribution in [0.2, 0.25) is 15.1 Å². The van der Waals surface area contributed by atoms with E-state index < -0.39 is 5.72 Å². The standard InChI is InChI=1S/C21H15Cl3N2O2/c22-15-4-8-18(9-5-15)25-13-21(28,14-2-1-3-17(24)12-14)26(20(25)27)19-10-6-16(23)7-11-19/h1-12,28H,13H2. The molecular weight excluding hydrogens is 419 g/mol. The average molecular weight is 434 g/mol. The first-order valence-electron chi connectivity index (χ1n) is 8.50. The van der Waals surface area contributed by atoms with E-state index in [1.54, 1.807) is 72.8 Å². The van der Waals surface area contributed by atoms with Gasteiger partial charge in [-0.1, -0.05) is 46.9 Å². The highest BCUT2D eigenvalue weighted by Crippen LogP contribution is 2.40. The number of aliphatic hydroxyl groups is 1.